The largest absolute Gasteiger partial charge is 0.371 e. The number of rotatable bonds is 5. The maximum atomic E-state index is 12.7. The van der Waals surface area contributed by atoms with Gasteiger partial charge < -0.3 is 5.32 Å². The first-order valence-electron chi connectivity index (χ1n) is 7.10. The van der Waals surface area contributed by atoms with Crippen molar-refractivity contribution in [3.8, 4) is 0 Å². The van der Waals surface area contributed by atoms with Gasteiger partial charge in [0.05, 0.1) is 0 Å². The maximum Gasteiger partial charge on any atom is 0.260 e. The van der Waals surface area contributed by atoms with Gasteiger partial charge in [-0.25, -0.2) is 18.1 Å². The normalized spacial score (nSPS) is 17.6. The van der Waals surface area contributed by atoms with Crippen molar-refractivity contribution in [2.24, 2.45) is 5.41 Å². The zero-order valence-corrected chi connectivity index (χ0v) is 13.1. The molecule has 0 unspecified atom stereocenters. The van der Waals surface area contributed by atoms with Crippen LogP contribution in [0.25, 0.3) is 5.65 Å². The summed E-state index contributed by atoms with van der Waals surface area (Å²) >= 11 is 0. The lowest BCUT2D eigenvalue weighted by Crippen LogP contribution is -2.40. The predicted octanol–water partition coefficient (Wildman–Crippen LogP) is 1.84. The van der Waals surface area contributed by atoms with Crippen LogP contribution in [0.2, 0.25) is 0 Å². The van der Waals surface area contributed by atoms with E-state index in [1.807, 2.05) is 6.07 Å². The SMILES string of the molecule is CNc1nc2ccccn2c1S(=O)(=O)NCC1(C)CCC1. The number of anilines is 1. The molecule has 0 atom stereocenters. The Kier molecular flexibility index (Phi) is 3.41. The standard InChI is InChI=1S/C14H20N4O2S/c1-14(7-5-8-14)10-16-21(19,20)13-12(15-2)17-11-6-3-4-9-18(11)13/h3-4,6,9,15-16H,5,7-8,10H2,1-2H3. The molecule has 2 aromatic heterocycles. The smallest absolute Gasteiger partial charge is 0.260 e. The van der Waals surface area contributed by atoms with E-state index < -0.39 is 10.0 Å². The van der Waals surface area contributed by atoms with E-state index in [9.17, 15) is 8.42 Å². The highest BCUT2D eigenvalue weighted by atomic mass is 32.2. The molecule has 7 heteroatoms. The molecule has 2 N–H and O–H groups in total. The van der Waals surface area contributed by atoms with E-state index >= 15 is 0 Å². The van der Waals surface area contributed by atoms with Crippen molar-refractivity contribution in [2.45, 2.75) is 31.2 Å². The minimum atomic E-state index is -3.61. The van der Waals surface area contributed by atoms with Crippen molar-refractivity contribution in [1.29, 1.82) is 0 Å². The lowest BCUT2D eigenvalue weighted by Gasteiger charge is -2.38. The molecule has 2 heterocycles. The third-order valence-corrected chi connectivity index (χ3v) is 5.65. The highest BCUT2D eigenvalue weighted by Gasteiger charge is 2.34. The topological polar surface area (TPSA) is 75.5 Å². The Morgan fingerprint density at radius 1 is 1.38 bits per heavy atom. The van der Waals surface area contributed by atoms with Gasteiger partial charge in [-0.2, -0.15) is 0 Å². The number of aromatic nitrogens is 2. The van der Waals surface area contributed by atoms with Gasteiger partial charge >= 0.3 is 0 Å². The predicted molar refractivity (Wildman–Crippen MR) is 81.9 cm³/mol. The average Bonchev–Trinajstić information content (AvgIpc) is 2.82. The summed E-state index contributed by atoms with van der Waals surface area (Å²) < 4.78 is 29.7. The summed E-state index contributed by atoms with van der Waals surface area (Å²) in [7, 11) is -1.93. The van der Waals surface area contributed by atoms with Crippen molar-refractivity contribution >= 4 is 21.5 Å². The Morgan fingerprint density at radius 2 is 2.14 bits per heavy atom. The summed E-state index contributed by atoms with van der Waals surface area (Å²) in [6.07, 6.45) is 5.03. The summed E-state index contributed by atoms with van der Waals surface area (Å²) in [5.74, 6) is 0.368. The van der Waals surface area contributed by atoms with Crippen molar-refractivity contribution < 1.29 is 8.42 Å². The molecule has 0 bridgehead atoms. The molecule has 0 spiro atoms. The molecule has 1 aliphatic carbocycles. The van der Waals surface area contributed by atoms with Crippen LogP contribution in [0.3, 0.4) is 0 Å². The van der Waals surface area contributed by atoms with Gasteiger partial charge in [-0.1, -0.05) is 19.4 Å². The van der Waals surface area contributed by atoms with Gasteiger partial charge in [0.1, 0.15) is 5.65 Å². The van der Waals surface area contributed by atoms with Crippen molar-refractivity contribution in [3.05, 3.63) is 24.4 Å². The van der Waals surface area contributed by atoms with Gasteiger partial charge in [0.25, 0.3) is 10.0 Å². The second kappa shape index (κ2) is 4.99. The minimum absolute atomic E-state index is 0.0906. The molecule has 6 nitrogen and oxygen atoms in total. The number of fused-ring (bicyclic) bond motifs is 1. The summed E-state index contributed by atoms with van der Waals surface area (Å²) in [5.41, 5.74) is 0.699. The van der Waals surface area contributed by atoms with Crippen LogP contribution in [-0.4, -0.2) is 31.4 Å². The molecular weight excluding hydrogens is 288 g/mol. The van der Waals surface area contributed by atoms with Crippen LogP contribution in [0.1, 0.15) is 26.2 Å². The summed E-state index contributed by atoms with van der Waals surface area (Å²) in [6.45, 7) is 2.59. The Hall–Kier alpha value is -1.60. The first-order valence-corrected chi connectivity index (χ1v) is 8.58. The maximum absolute atomic E-state index is 12.7. The zero-order chi connectivity index (χ0) is 15.1. The fraction of sp³-hybridized carbons (Fsp3) is 0.500. The zero-order valence-electron chi connectivity index (χ0n) is 12.3. The van der Waals surface area contributed by atoms with Crippen LogP contribution in [-0.2, 0) is 10.0 Å². The van der Waals surface area contributed by atoms with Gasteiger partial charge in [0.15, 0.2) is 10.8 Å². The van der Waals surface area contributed by atoms with E-state index in [4.69, 9.17) is 0 Å². The third-order valence-electron chi connectivity index (χ3n) is 4.23. The summed E-state index contributed by atoms with van der Waals surface area (Å²) in [6, 6.07) is 5.41. The third kappa shape index (κ3) is 2.51. The van der Waals surface area contributed by atoms with Crippen molar-refractivity contribution in [1.82, 2.24) is 14.1 Å². The Balaban J connectivity index is 1.97. The molecule has 0 aliphatic heterocycles. The van der Waals surface area contributed by atoms with Gasteiger partial charge in [-0.15, -0.1) is 0 Å². The number of nitrogens with one attached hydrogen (secondary N) is 2. The van der Waals surface area contributed by atoms with E-state index in [1.54, 1.807) is 29.8 Å². The van der Waals surface area contributed by atoms with E-state index in [2.05, 4.69) is 21.9 Å². The first kappa shape index (κ1) is 14.3. The fourth-order valence-electron chi connectivity index (χ4n) is 2.69. The fourth-order valence-corrected chi connectivity index (χ4v) is 4.18. The van der Waals surface area contributed by atoms with Crippen molar-refractivity contribution in [3.63, 3.8) is 0 Å². The molecule has 114 valence electrons. The van der Waals surface area contributed by atoms with E-state index in [-0.39, 0.29) is 10.4 Å². The minimum Gasteiger partial charge on any atom is -0.371 e. The molecule has 1 saturated carbocycles. The van der Waals surface area contributed by atoms with Gasteiger partial charge in [-0.05, 0) is 30.4 Å². The summed E-state index contributed by atoms with van der Waals surface area (Å²) in [5, 5.41) is 3.04. The monoisotopic (exact) mass is 308 g/mol. The average molecular weight is 308 g/mol. The van der Waals surface area contributed by atoms with E-state index in [0.717, 1.165) is 12.8 Å². The van der Waals surface area contributed by atoms with E-state index in [0.29, 0.717) is 18.0 Å². The first-order chi connectivity index (χ1) is 9.95. The summed E-state index contributed by atoms with van der Waals surface area (Å²) in [4.78, 5) is 4.31. The van der Waals surface area contributed by atoms with Gasteiger partial charge in [0.2, 0.25) is 0 Å². The van der Waals surface area contributed by atoms with Crippen LogP contribution in [0.5, 0.6) is 0 Å². The van der Waals surface area contributed by atoms with Crippen LogP contribution in [0, 0.1) is 5.41 Å². The lowest BCUT2D eigenvalue weighted by molar-refractivity contribution is 0.166. The van der Waals surface area contributed by atoms with Crippen LogP contribution < -0.4 is 10.0 Å². The Labute approximate surface area is 124 Å². The number of pyridine rings is 1. The molecule has 0 aromatic carbocycles. The second-order valence-electron chi connectivity index (χ2n) is 5.93. The van der Waals surface area contributed by atoms with Crippen molar-refractivity contribution in [2.75, 3.05) is 18.9 Å². The molecule has 2 aromatic rings. The second-order valence-corrected chi connectivity index (χ2v) is 7.62. The number of hydrogen-bond acceptors (Lipinski definition) is 4. The van der Waals surface area contributed by atoms with Gasteiger partial charge in [0, 0.05) is 19.8 Å². The molecule has 0 radical (unpaired) electrons. The quantitative estimate of drug-likeness (QED) is 0.884. The highest BCUT2D eigenvalue weighted by molar-refractivity contribution is 7.89. The van der Waals surface area contributed by atoms with Crippen LogP contribution in [0.4, 0.5) is 5.82 Å². The molecule has 21 heavy (non-hydrogen) atoms. The number of imidazole rings is 1. The van der Waals surface area contributed by atoms with Crippen LogP contribution in [0.15, 0.2) is 29.4 Å². The number of sulfonamides is 1. The lowest BCUT2D eigenvalue weighted by atomic mass is 9.71. The number of nitrogens with zero attached hydrogens (tertiary/aromatic N) is 2. The molecule has 0 saturated heterocycles. The van der Waals surface area contributed by atoms with Gasteiger partial charge in [-0.3, -0.25) is 4.40 Å². The Morgan fingerprint density at radius 3 is 2.76 bits per heavy atom. The Bertz CT molecular complexity index is 762. The molecule has 1 fully saturated rings. The molecule has 1 aliphatic rings. The highest BCUT2D eigenvalue weighted by Crippen LogP contribution is 2.39. The number of hydrogen-bond donors (Lipinski definition) is 2. The van der Waals surface area contributed by atoms with E-state index in [1.165, 1.54) is 6.42 Å². The molecule has 3 rings (SSSR count). The molecule has 0 amide bonds. The molecular formula is C14H20N4O2S. The van der Waals surface area contributed by atoms with Crippen LogP contribution >= 0.6 is 0 Å².